The van der Waals surface area contributed by atoms with E-state index in [4.69, 9.17) is 16.3 Å². The van der Waals surface area contributed by atoms with Crippen LogP contribution in [0.3, 0.4) is 0 Å². The van der Waals surface area contributed by atoms with Crippen molar-refractivity contribution in [1.82, 2.24) is 20.0 Å². The third kappa shape index (κ3) is 4.76. The number of methoxy groups -OCH3 is 1. The Morgan fingerprint density at radius 1 is 1.20 bits per heavy atom. The van der Waals surface area contributed by atoms with E-state index in [1.165, 1.54) is 36.9 Å². The number of nitrogens with one attached hydrogen (secondary N) is 1. The Kier molecular flexibility index (Phi) is 7.13. The fraction of sp³-hybridized carbons (Fsp3) is 0.333. The highest BCUT2D eigenvalue weighted by atomic mass is 35.5. The number of nitrogens with zero attached hydrogens (tertiary/aromatic N) is 3. The van der Waals surface area contributed by atoms with E-state index in [-0.39, 0.29) is 41.7 Å². The Balaban J connectivity index is 1.56. The number of ketones is 1. The van der Waals surface area contributed by atoms with Gasteiger partial charge in [0, 0.05) is 31.5 Å². The van der Waals surface area contributed by atoms with Gasteiger partial charge in [0.25, 0.3) is 0 Å². The second-order valence-electron chi connectivity index (χ2n) is 8.22. The first kappa shape index (κ1) is 24.7. The number of rotatable bonds is 7. The Bertz CT molecular complexity index is 1300. The summed E-state index contributed by atoms with van der Waals surface area (Å²) in [5.41, 5.74) is 0.917. The van der Waals surface area contributed by atoms with Gasteiger partial charge in [-0.25, -0.2) is 8.78 Å². The fourth-order valence-corrected chi connectivity index (χ4v) is 4.50. The van der Waals surface area contributed by atoms with Gasteiger partial charge >= 0.3 is 0 Å². The van der Waals surface area contributed by atoms with Crippen molar-refractivity contribution in [2.45, 2.75) is 38.3 Å². The quantitative estimate of drug-likeness (QED) is 0.499. The van der Waals surface area contributed by atoms with Gasteiger partial charge in [0.05, 0.1) is 17.1 Å². The lowest BCUT2D eigenvalue weighted by Gasteiger charge is -2.26. The summed E-state index contributed by atoms with van der Waals surface area (Å²) in [5, 5.41) is 7.30. The number of likely N-dealkylation sites (tertiary alicyclic amines) is 1. The van der Waals surface area contributed by atoms with Gasteiger partial charge in [0.1, 0.15) is 36.4 Å². The predicted molar refractivity (Wildman–Crippen MR) is 124 cm³/mol. The number of aromatic nitrogens is 2. The minimum absolute atomic E-state index is 0.0932. The van der Waals surface area contributed by atoms with Gasteiger partial charge in [-0.1, -0.05) is 41.9 Å². The molecule has 0 spiro atoms. The molecule has 1 fully saturated rings. The number of carbonyl (C=O) groups is 3. The van der Waals surface area contributed by atoms with Gasteiger partial charge < -0.3 is 15.0 Å². The molecule has 0 radical (unpaired) electrons. The highest BCUT2D eigenvalue weighted by molar-refractivity contribution is 6.30. The van der Waals surface area contributed by atoms with Crippen molar-refractivity contribution >= 4 is 40.1 Å². The topological polar surface area (TPSA) is 93.5 Å². The van der Waals surface area contributed by atoms with Crippen LogP contribution in [0, 0.1) is 5.82 Å². The van der Waals surface area contributed by atoms with Gasteiger partial charge in [-0.15, -0.1) is 0 Å². The van der Waals surface area contributed by atoms with Crippen molar-refractivity contribution in [2.24, 2.45) is 0 Å². The number of amides is 2. The lowest BCUT2D eigenvalue weighted by molar-refractivity contribution is -0.141. The summed E-state index contributed by atoms with van der Waals surface area (Å²) in [4.78, 5) is 39.3. The van der Waals surface area contributed by atoms with Crippen LogP contribution in [0.2, 0.25) is 5.02 Å². The van der Waals surface area contributed by atoms with Gasteiger partial charge in [-0.3, -0.25) is 19.1 Å². The van der Waals surface area contributed by atoms with Crippen LogP contribution in [-0.2, 0) is 27.4 Å². The summed E-state index contributed by atoms with van der Waals surface area (Å²) in [6, 6.07) is 10.0. The molecule has 0 unspecified atom stereocenters. The lowest BCUT2D eigenvalue weighted by atomic mass is 10.1. The van der Waals surface area contributed by atoms with Gasteiger partial charge in [-0.05, 0) is 12.1 Å². The number of alkyl halides is 1. The predicted octanol–water partition coefficient (Wildman–Crippen LogP) is 2.91. The number of para-hydroxylation sites is 1. The van der Waals surface area contributed by atoms with E-state index in [1.54, 1.807) is 24.3 Å². The molecule has 4 rings (SSSR count). The van der Waals surface area contributed by atoms with E-state index < -0.39 is 35.9 Å². The van der Waals surface area contributed by atoms with Crippen LogP contribution in [0.5, 0.6) is 0 Å². The summed E-state index contributed by atoms with van der Waals surface area (Å²) in [6.07, 6.45) is -2.81. The number of ether oxygens (including phenoxy) is 1. The fourth-order valence-electron chi connectivity index (χ4n) is 4.30. The lowest BCUT2D eigenvalue weighted by Crippen LogP contribution is -2.51. The van der Waals surface area contributed by atoms with Crippen molar-refractivity contribution in [2.75, 3.05) is 13.7 Å². The zero-order chi connectivity index (χ0) is 25.3. The molecule has 11 heteroatoms. The SMILES string of the molecule is CO[C@H]1[C@@H](C(=O)NCc2cccc(Cl)c2F)N(C(=O)Cn2nc(C(C)=O)c3ccccc32)C[C@@H]1F. The molecule has 1 N–H and O–H groups in total. The summed E-state index contributed by atoms with van der Waals surface area (Å²) in [5.74, 6) is -2.21. The number of hydrogen-bond acceptors (Lipinski definition) is 5. The highest BCUT2D eigenvalue weighted by Gasteiger charge is 2.48. The van der Waals surface area contributed by atoms with E-state index >= 15 is 0 Å². The van der Waals surface area contributed by atoms with Crippen LogP contribution >= 0.6 is 11.6 Å². The first-order valence-electron chi connectivity index (χ1n) is 10.9. The smallest absolute Gasteiger partial charge is 0.245 e. The minimum Gasteiger partial charge on any atom is -0.376 e. The Morgan fingerprint density at radius 3 is 2.66 bits per heavy atom. The third-order valence-electron chi connectivity index (χ3n) is 6.00. The molecule has 0 saturated carbocycles. The van der Waals surface area contributed by atoms with Gasteiger partial charge in [0.15, 0.2) is 5.78 Å². The normalized spacial score (nSPS) is 19.8. The van der Waals surface area contributed by atoms with Crippen LogP contribution in [0.4, 0.5) is 8.78 Å². The van der Waals surface area contributed by atoms with Gasteiger partial charge in [-0.2, -0.15) is 5.10 Å². The molecule has 0 bridgehead atoms. The maximum atomic E-state index is 14.7. The molecule has 2 heterocycles. The molecule has 1 saturated heterocycles. The zero-order valence-corrected chi connectivity index (χ0v) is 19.8. The molecule has 3 aromatic rings. The maximum Gasteiger partial charge on any atom is 0.245 e. The second kappa shape index (κ2) is 10.1. The molecular formula is C24H23ClF2N4O4. The summed E-state index contributed by atoms with van der Waals surface area (Å²) < 4.78 is 35.5. The molecule has 2 amide bonds. The van der Waals surface area contributed by atoms with Crippen LogP contribution < -0.4 is 5.32 Å². The second-order valence-corrected chi connectivity index (χ2v) is 8.62. The van der Waals surface area contributed by atoms with Crippen molar-refractivity contribution in [3.63, 3.8) is 0 Å². The van der Waals surface area contributed by atoms with Crippen molar-refractivity contribution < 1.29 is 27.9 Å². The van der Waals surface area contributed by atoms with E-state index in [0.29, 0.717) is 10.9 Å². The molecular weight excluding hydrogens is 482 g/mol. The number of benzene rings is 2. The zero-order valence-electron chi connectivity index (χ0n) is 19.0. The van der Waals surface area contributed by atoms with E-state index in [9.17, 15) is 23.2 Å². The Hall–Kier alpha value is -3.37. The number of halogens is 3. The van der Waals surface area contributed by atoms with Gasteiger partial charge in [0.2, 0.25) is 11.8 Å². The third-order valence-corrected chi connectivity index (χ3v) is 6.29. The molecule has 184 valence electrons. The molecule has 0 aliphatic carbocycles. The first-order chi connectivity index (χ1) is 16.7. The van der Waals surface area contributed by atoms with Crippen LogP contribution in [0.25, 0.3) is 10.9 Å². The van der Waals surface area contributed by atoms with Crippen LogP contribution in [0.1, 0.15) is 23.0 Å². The van der Waals surface area contributed by atoms with E-state index in [0.717, 1.165) is 4.90 Å². The minimum atomic E-state index is -1.61. The maximum absolute atomic E-state index is 14.7. The number of Topliss-reactive ketones (excluding diaryl/α,β-unsaturated/α-hetero) is 1. The summed E-state index contributed by atoms with van der Waals surface area (Å²) in [6.45, 7) is 0.494. The summed E-state index contributed by atoms with van der Waals surface area (Å²) >= 11 is 5.79. The molecule has 35 heavy (non-hydrogen) atoms. The van der Waals surface area contributed by atoms with Crippen LogP contribution in [-0.4, -0.2) is 64.3 Å². The van der Waals surface area contributed by atoms with Crippen LogP contribution in [0.15, 0.2) is 42.5 Å². The number of hydrogen-bond donors (Lipinski definition) is 1. The molecule has 3 atom stereocenters. The molecule has 1 aliphatic rings. The van der Waals surface area contributed by atoms with Crippen molar-refractivity contribution in [3.05, 3.63) is 64.6 Å². The monoisotopic (exact) mass is 504 g/mol. The highest BCUT2D eigenvalue weighted by Crippen LogP contribution is 2.26. The number of fused-ring (bicyclic) bond motifs is 1. The number of carbonyl (C=O) groups excluding carboxylic acids is 3. The average molecular weight is 505 g/mol. The molecule has 8 nitrogen and oxygen atoms in total. The Labute approximate surface area is 204 Å². The van der Waals surface area contributed by atoms with Crippen molar-refractivity contribution in [3.8, 4) is 0 Å². The molecule has 1 aromatic heterocycles. The first-order valence-corrected chi connectivity index (χ1v) is 11.2. The molecule has 2 aromatic carbocycles. The standard InChI is InChI=1S/C24H23ClF2N4O4/c1-13(32)21-15-7-3-4-9-18(15)31(29-21)12-19(33)30-11-17(26)23(35-2)22(30)24(34)28-10-14-6-5-8-16(25)20(14)27/h3-9,17,22-23H,10-12H2,1-2H3,(H,28,34)/t17-,22-,23+/m0/s1. The summed E-state index contributed by atoms with van der Waals surface area (Å²) in [7, 11) is 1.25. The Morgan fingerprint density at radius 2 is 1.94 bits per heavy atom. The average Bonchev–Trinajstić information content (AvgIpc) is 3.37. The van der Waals surface area contributed by atoms with E-state index in [1.807, 2.05) is 0 Å². The van der Waals surface area contributed by atoms with Crippen molar-refractivity contribution in [1.29, 1.82) is 0 Å². The largest absolute Gasteiger partial charge is 0.376 e. The van der Waals surface area contributed by atoms with E-state index in [2.05, 4.69) is 10.4 Å². The molecule has 1 aliphatic heterocycles.